The van der Waals surface area contributed by atoms with Gasteiger partial charge in [-0.3, -0.25) is 0 Å². The molecule has 1 aromatic carbocycles. The van der Waals surface area contributed by atoms with E-state index < -0.39 is 0 Å². The van der Waals surface area contributed by atoms with Crippen LogP contribution in [0.1, 0.15) is 56.7 Å². The number of phenols is 1. The van der Waals surface area contributed by atoms with Gasteiger partial charge in [-0.25, -0.2) is 0 Å². The summed E-state index contributed by atoms with van der Waals surface area (Å²) in [6.45, 7) is 5.60. The lowest BCUT2D eigenvalue weighted by Gasteiger charge is -2.34. The molecule has 3 heteroatoms. The van der Waals surface area contributed by atoms with Crippen LogP contribution < -0.4 is 5.32 Å². The molecule has 2 N–H and O–H groups in total. The first-order valence-corrected chi connectivity index (χ1v) is 8.97. The fraction of sp³-hybridized carbons (Fsp3) is 0.647. The van der Waals surface area contributed by atoms with Gasteiger partial charge < -0.3 is 10.4 Å². The van der Waals surface area contributed by atoms with Crippen molar-refractivity contribution in [3.8, 4) is 5.75 Å². The molecule has 20 heavy (non-hydrogen) atoms. The standard InChI is InChI=1S/C17H27NOS/c1-4-17(5-2,20-3)12-18-16-8-6-7-13-9-10-14(19)11-15(13)16/h9-11,16,18-19H,4-8,12H2,1-3H3. The van der Waals surface area contributed by atoms with Crippen molar-refractivity contribution in [2.75, 3.05) is 12.8 Å². The molecule has 1 aliphatic rings. The molecule has 0 aromatic heterocycles. The van der Waals surface area contributed by atoms with E-state index in [0.717, 1.165) is 13.0 Å². The fourth-order valence-corrected chi connectivity index (χ4v) is 3.97. The third kappa shape index (κ3) is 3.32. The van der Waals surface area contributed by atoms with Crippen LogP contribution in [0.15, 0.2) is 18.2 Å². The summed E-state index contributed by atoms with van der Waals surface area (Å²) in [4.78, 5) is 0. The number of nitrogens with one attached hydrogen (secondary N) is 1. The van der Waals surface area contributed by atoms with Gasteiger partial charge >= 0.3 is 0 Å². The Morgan fingerprint density at radius 3 is 2.75 bits per heavy atom. The van der Waals surface area contributed by atoms with Crippen LogP contribution in [0.2, 0.25) is 0 Å². The maximum atomic E-state index is 9.74. The lowest BCUT2D eigenvalue weighted by molar-refractivity contribution is 0.407. The van der Waals surface area contributed by atoms with Crippen LogP contribution in [-0.2, 0) is 6.42 Å². The van der Waals surface area contributed by atoms with Crippen molar-refractivity contribution in [2.24, 2.45) is 0 Å². The number of benzene rings is 1. The Bertz CT molecular complexity index is 434. The van der Waals surface area contributed by atoms with Crippen molar-refractivity contribution >= 4 is 11.8 Å². The molecule has 0 heterocycles. The van der Waals surface area contributed by atoms with Crippen LogP contribution in [0, 0.1) is 0 Å². The minimum absolute atomic E-state index is 0.342. The van der Waals surface area contributed by atoms with Crippen molar-refractivity contribution in [1.29, 1.82) is 0 Å². The second kappa shape index (κ2) is 6.86. The van der Waals surface area contributed by atoms with Crippen molar-refractivity contribution in [2.45, 2.75) is 56.7 Å². The highest BCUT2D eigenvalue weighted by molar-refractivity contribution is 8.00. The molecule has 112 valence electrons. The first-order valence-electron chi connectivity index (χ1n) is 7.74. The predicted molar refractivity (Wildman–Crippen MR) is 88.6 cm³/mol. The molecule has 1 atom stereocenters. The molecule has 0 saturated carbocycles. The Balaban J connectivity index is 2.10. The number of hydrogen-bond acceptors (Lipinski definition) is 3. The van der Waals surface area contributed by atoms with Gasteiger partial charge in [0.2, 0.25) is 0 Å². The molecule has 2 nitrogen and oxygen atoms in total. The zero-order valence-electron chi connectivity index (χ0n) is 12.9. The van der Waals surface area contributed by atoms with Gasteiger partial charge in [0.1, 0.15) is 5.75 Å². The molecule has 0 saturated heterocycles. The van der Waals surface area contributed by atoms with Crippen molar-refractivity contribution in [3.05, 3.63) is 29.3 Å². The minimum atomic E-state index is 0.342. The highest BCUT2D eigenvalue weighted by Gasteiger charge is 2.27. The second-order valence-corrected chi connectivity index (χ2v) is 7.08. The average molecular weight is 293 g/mol. The minimum Gasteiger partial charge on any atom is -0.508 e. The van der Waals surface area contributed by atoms with E-state index in [1.165, 1.54) is 36.8 Å². The van der Waals surface area contributed by atoms with E-state index in [-0.39, 0.29) is 0 Å². The Morgan fingerprint density at radius 1 is 1.35 bits per heavy atom. The predicted octanol–water partition coefficient (Wildman–Crippen LogP) is 4.28. The van der Waals surface area contributed by atoms with Gasteiger partial charge in [-0.05, 0) is 61.6 Å². The highest BCUT2D eigenvalue weighted by Crippen LogP contribution is 2.34. The topological polar surface area (TPSA) is 32.3 Å². The smallest absolute Gasteiger partial charge is 0.115 e. The lowest BCUT2D eigenvalue weighted by Crippen LogP contribution is -2.39. The van der Waals surface area contributed by atoms with Crippen LogP contribution in [0.4, 0.5) is 0 Å². The molecule has 2 rings (SSSR count). The quantitative estimate of drug-likeness (QED) is 0.821. The van der Waals surface area contributed by atoms with Gasteiger partial charge in [0, 0.05) is 17.3 Å². The molecule has 1 aromatic rings. The maximum absolute atomic E-state index is 9.74. The van der Waals surface area contributed by atoms with E-state index in [0.29, 0.717) is 16.5 Å². The van der Waals surface area contributed by atoms with Crippen molar-refractivity contribution in [1.82, 2.24) is 5.32 Å². The summed E-state index contributed by atoms with van der Waals surface area (Å²) in [5, 5.41) is 13.5. The number of thioether (sulfide) groups is 1. The molecule has 0 aliphatic heterocycles. The number of rotatable bonds is 6. The molecular formula is C17H27NOS. The average Bonchev–Trinajstić information content (AvgIpc) is 2.49. The summed E-state index contributed by atoms with van der Waals surface area (Å²) >= 11 is 1.98. The van der Waals surface area contributed by atoms with Gasteiger partial charge in [-0.15, -0.1) is 0 Å². The largest absolute Gasteiger partial charge is 0.508 e. The van der Waals surface area contributed by atoms with E-state index in [1.807, 2.05) is 23.9 Å². The molecule has 0 radical (unpaired) electrons. The van der Waals surface area contributed by atoms with E-state index in [2.05, 4.69) is 31.5 Å². The van der Waals surface area contributed by atoms with Crippen LogP contribution >= 0.6 is 11.8 Å². The molecule has 1 unspecified atom stereocenters. The number of phenolic OH excluding ortho intramolecular Hbond substituents is 1. The fourth-order valence-electron chi connectivity index (χ4n) is 3.17. The van der Waals surface area contributed by atoms with Crippen LogP contribution in [-0.4, -0.2) is 22.7 Å². The third-order valence-electron chi connectivity index (χ3n) is 4.84. The van der Waals surface area contributed by atoms with Crippen LogP contribution in [0.5, 0.6) is 5.75 Å². The van der Waals surface area contributed by atoms with Gasteiger partial charge in [0.25, 0.3) is 0 Å². The maximum Gasteiger partial charge on any atom is 0.115 e. The summed E-state index contributed by atoms with van der Waals surface area (Å²) in [6, 6.07) is 6.24. The number of hydrogen-bond donors (Lipinski definition) is 2. The number of aromatic hydroxyl groups is 1. The molecule has 0 fully saturated rings. The van der Waals surface area contributed by atoms with E-state index in [9.17, 15) is 5.11 Å². The van der Waals surface area contributed by atoms with E-state index >= 15 is 0 Å². The zero-order valence-corrected chi connectivity index (χ0v) is 13.7. The van der Waals surface area contributed by atoms with Crippen molar-refractivity contribution in [3.63, 3.8) is 0 Å². The summed E-state index contributed by atoms with van der Waals surface area (Å²) in [5.74, 6) is 0.388. The SMILES string of the molecule is CCC(CC)(CNC1CCCc2ccc(O)cc21)SC. The first kappa shape index (κ1) is 15.7. The Kier molecular flexibility index (Phi) is 5.39. The zero-order chi connectivity index (χ0) is 14.6. The first-order chi connectivity index (χ1) is 9.64. The molecule has 0 bridgehead atoms. The van der Waals surface area contributed by atoms with Gasteiger partial charge in [0.15, 0.2) is 0 Å². The monoisotopic (exact) mass is 293 g/mol. The summed E-state index contributed by atoms with van der Waals surface area (Å²) < 4.78 is 0.342. The lowest BCUT2D eigenvalue weighted by atomic mass is 9.87. The number of fused-ring (bicyclic) bond motifs is 1. The molecular weight excluding hydrogens is 266 g/mol. The molecule has 0 spiro atoms. The van der Waals surface area contributed by atoms with Crippen LogP contribution in [0.3, 0.4) is 0 Å². The highest BCUT2D eigenvalue weighted by atomic mass is 32.2. The number of aryl methyl sites for hydroxylation is 1. The Hall–Kier alpha value is -0.670. The van der Waals surface area contributed by atoms with Gasteiger partial charge in [0.05, 0.1) is 0 Å². The summed E-state index contributed by atoms with van der Waals surface area (Å²) in [6.07, 6.45) is 8.15. The second-order valence-electron chi connectivity index (χ2n) is 5.80. The van der Waals surface area contributed by atoms with Gasteiger partial charge in [-0.1, -0.05) is 19.9 Å². The Morgan fingerprint density at radius 2 is 2.10 bits per heavy atom. The summed E-state index contributed by atoms with van der Waals surface area (Å²) in [7, 11) is 0. The molecule has 1 aliphatic carbocycles. The van der Waals surface area contributed by atoms with Crippen molar-refractivity contribution < 1.29 is 5.11 Å². The summed E-state index contributed by atoms with van der Waals surface area (Å²) in [5.41, 5.74) is 2.70. The normalized spacial score (nSPS) is 18.9. The Labute approximate surface area is 127 Å². The third-order valence-corrected chi connectivity index (χ3v) is 6.42. The van der Waals surface area contributed by atoms with E-state index in [4.69, 9.17) is 0 Å². The van der Waals surface area contributed by atoms with E-state index in [1.54, 1.807) is 0 Å². The van der Waals surface area contributed by atoms with Crippen LogP contribution in [0.25, 0.3) is 0 Å². The van der Waals surface area contributed by atoms with Gasteiger partial charge in [-0.2, -0.15) is 11.8 Å². The molecule has 0 amide bonds.